The summed E-state index contributed by atoms with van der Waals surface area (Å²) in [5, 5.41) is 8.85. The van der Waals surface area contributed by atoms with Crippen LogP contribution in [0.4, 0.5) is 13.2 Å². The molecule has 0 unspecified atom stereocenters. The van der Waals surface area contributed by atoms with E-state index in [0.29, 0.717) is 0 Å². The molecule has 3 rings (SSSR count). The maximum Gasteiger partial charge on any atom is 0.338 e. The molecule has 7 heteroatoms. The molecule has 1 heterocycles. The second-order valence-corrected chi connectivity index (χ2v) is 4.37. The number of imidazole rings is 1. The van der Waals surface area contributed by atoms with Crippen molar-refractivity contribution < 1.29 is 23.1 Å². The molecule has 0 saturated heterocycles. The molecule has 0 atom stereocenters. The average Bonchev–Trinajstić information content (AvgIpc) is 2.83. The van der Waals surface area contributed by atoms with Crippen molar-refractivity contribution in [3.63, 3.8) is 0 Å². The molecule has 4 nitrogen and oxygen atoms in total. The lowest BCUT2D eigenvalue weighted by atomic mass is 10.2. The Morgan fingerprint density at radius 2 is 1.81 bits per heavy atom. The number of carbonyl (C=O) groups is 1. The van der Waals surface area contributed by atoms with Crippen LogP contribution < -0.4 is 0 Å². The topological polar surface area (TPSA) is 66.0 Å². The number of fused-ring (bicyclic) bond motifs is 1. The van der Waals surface area contributed by atoms with Crippen LogP contribution in [0, 0.1) is 17.5 Å². The number of carboxylic acid groups (broad SMARTS) is 1. The first-order valence-electron chi connectivity index (χ1n) is 5.83. The van der Waals surface area contributed by atoms with Gasteiger partial charge in [0.2, 0.25) is 0 Å². The van der Waals surface area contributed by atoms with Crippen LogP contribution in [0.1, 0.15) is 10.4 Å². The summed E-state index contributed by atoms with van der Waals surface area (Å²) in [6.45, 7) is 0. The Hall–Kier alpha value is -2.83. The van der Waals surface area contributed by atoms with Gasteiger partial charge in [0.15, 0.2) is 11.6 Å². The minimum absolute atomic E-state index is 0.186. The molecule has 0 aliphatic carbocycles. The SMILES string of the molecule is O=C(O)c1cc2nc(-c3ccc(F)c(F)c3)[nH]c2cc1F. The zero-order valence-electron chi connectivity index (χ0n) is 10.3. The molecule has 2 N–H and O–H groups in total. The van der Waals surface area contributed by atoms with Gasteiger partial charge in [0.05, 0.1) is 16.6 Å². The van der Waals surface area contributed by atoms with Crippen molar-refractivity contribution in [2.24, 2.45) is 0 Å². The highest BCUT2D eigenvalue weighted by Gasteiger charge is 2.15. The second-order valence-electron chi connectivity index (χ2n) is 4.37. The van der Waals surface area contributed by atoms with Gasteiger partial charge in [-0.05, 0) is 24.3 Å². The zero-order chi connectivity index (χ0) is 15.1. The fourth-order valence-electron chi connectivity index (χ4n) is 1.97. The molecule has 0 aliphatic heterocycles. The van der Waals surface area contributed by atoms with Crippen molar-refractivity contribution in [2.75, 3.05) is 0 Å². The highest BCUT2D eigenvalue weighted by molar-refractivity contribution is 5.93. The minimum Gasteiger partial charge on any atom is -0.478 e. The monoisotopic (exact) mass is 292 g/mol. The highest BCUT2D eigenvalue weighted by Crippen LogP contribution is 2.24. The molecular formula is C14H7F3N2O2. The van der Waals surface area contributed by atoms with E-state index in [9.17, 15) is 18.0 Å². The normalized spacial score (nSPS) is 11.0. The molecule has 0 amide bonds. The number of hydrogen-bond donors (Lipinski definition) is 2. The van der Waals surface area contributed by atoms with E-state index in [4.69, 9.17) is 5.11 Å². The van der Waals surface area contributed by atoms with Crippen LogP contribution in [0.25, 0.3) is 22.4 Å². The summed E-state index contributed by atoms with van der Waals surface area (Å²) in [6, 6.07) is 5.27. The predicted octanol–water partition coefficient (Wildman–Crippen LogP) is 3.35. The van der Waals surface area contributed by atoms with Gasteiger partial charge in [0.1, 0.15) is 11.6 Å². The lowest BCUT2D eigenvalue weighted by Gasteiger charge is -1.97. The van der Waals surface area contributed by atoms with Crippen LogP contribution in [0.5, 0.6) is 0 Å². The molecule has 0 radical (unpaired) electrons. The van der Waals surface area contributed by atoms with Gasteiger partial charge in [-0.3, -0.25) is 0 Å². The highest BCUT2D eigenvalue weighted by atomic mass is 19.2. The molecule has 0 fully saturated rings. The van der Waals surface area contributed by atoms with Crippen LogP contribution in [0.3, 0.4) is 0 Å². The van der Waals surface area contributed by atoms with E-state index in [1.54, 1.807) is 0 Å². The molecule has 3 aromatic rings. The Bertz CT molecular complexity index is 874. The molecule has 106 valence electrons. The molecule has 0 aliphatic rings. The Balaban J connectivity index is 2.16. The number of rotatable bonds is 2. The van der Waals surface area contributed by atoms with Crippen molar-refractivity contribution in [2.45, 2.75) is 0 Å². The first-order valence-corrected chi connectivity index (χ1v) is 5.83. The fourth-order valence-corrected chi connectivity index (χ4v) is 1.97. The average molecular weight is 292 g/mol. The van der Waals surface area contributed by atoms with E-state index in [0.717, 1.165) is 24.3 Å². The van der Waals surface area contributed by atoms with Crippen molar-refractivity contribution in [3.05, 3.63) is 53.3 Å². The van der Waals surface area contributed by atoms with E-state index in [1.807, 2.05) is 0 Å². The summed E-state index contributed by atoms with van der Waals surface area (Å²) in [5.41, 5.74) is 0.235. The summed E-state index contributed by atoms with van der Waals surface area (Å²) >= 11 is 0. The number of nitrogens with zero attached hydrogens (tertiary/aromatic N) is 1. The zero-order valence-corrected chi connectivity index (χ0v) is 10.3. The molecular weight excluding hydrogens is 285 g/mol. The number of hydrogen-bond acceptors (Lipinski definition) is 2. The number of carboxylic acids is 1. The fraction of sp³-hybridized carbons (Fsp3) is 0. The van der Waals surface area contributed by atoms with Gasteiger partial charge in [-0.2, -0.15) is 0 Å². The minimum atomic E-state index is -1.41. The first-order chi connectivity index (χ1) is 9.95. The first kappa shape index (κ1) is 13.2. The summed E-state index contributed by atoms with van der Waals surface area (Å²) in [4.78, 5) is 17.7. The van der Waals surface area contributed by atoms with E-state index < -0.39 is 29.0 Å². The third-order valence-corrected chi connectivity index (χ3v) is 2.99. The van der Waals surface area contributed by atoms with Gasteiger partial charge in [-0.25, -0.2) is 22.9 Å². The Labute approximate surface area is 115 Å². The summed E-state index contributed by atoms with van der Waals surface area (Å²) in [5.74, 6) is -4.16. The number of benzene rings is 2. The Morgan fingerprint density at radius 3 is 2.48 bits per heavy atom. The van der Waals surface area contributed by atoms with Crippen LogP contribution in [-0.4, -0.2) is 21.0 Å². The van der Waals surface area contributed by atoms with Crippen LogP contribution >= 0.6 is 0 Å². The smallest absolute Gasteiger partial charge is 0.338 e. The Kier molecular flexibility index (Phi) is 2.90. The van der Waals surface area contributed by atoms with E-state index >= 15 is 0 Å². The predicted molar refractivity (Wildman–Crippen MR) is 68.4 cm³/mol. The summed E-state index contributed by atoms with van der Waals surface area (Å²) in [6.07, 6.45) is 0. The Morgan fingerprint density at radius 1 is 1.05 bits per heavy atom. The standard InChI is InChI=1S/C14H7F3N2O2/c15-8-2-1-6(3-10(8)17)13-18-11-4-7(14(20)21)9(16)5-12(11)19-13/h1-5H,(H,18,19)(H,20,21). The molecule has 21 heavy (non-hydrogen) atoms. The van der Waals surface area contributed by atoms with E-state index in [2.05, 4.69) is 9.97 Å². The van der Waals surface area contributed by atoms with Crippen molar-refractivity contribution in [1.29, 1.82) is 0 Å². The van der Waals surface area contributed by atoms with Crippen LogP contribution in [0.2, 0.25) is 0 Å². The lowest BCUT2D eigenvalue weighted by Crippen LogP contribution is -1.99. The van der Waals surface area contributed by atoms with Gasteiger partial charge in [0.25, 0.3) is 0 Å². The lowest BCUT2D eigenvalue weighted by molar-refractivity contribution is 0.0692. The maximum atomic E-state index is 13.6. The number of halogens is 3. The number of aromatic nitrogens is 2. The largest absolute Gasteiger partial charge is 0.478 e. The number of aromatic carboxylic acids is 1. The van der Waals surface area contributed by atoms with E-state index in [-0.39, 0.29) is 22.4 Å². The molecule has 0 spiro atoms. The van der Waals surface area contributed by atoms with Crippen molar-refractivity contribution >= 4 is 17.0 Å². The third kappa shape index (κ3) is 2.22. The third-order valence-electron chi connectivity index (χ3n) is 2.99. The quantitative estimate of drug-likeness (QED) is 0.761. The van der Waals surface area contributed by atoms with Gasteiger partial charge >= 0.3 is 5.97 Å². The molecule has 1 aromatic heterocycles. The second kappa shape index (κ2) is 4.62. The maximum absolute atomic E-state index is 13.6. The summed E-state index contributed by atoms with van der Waals surface area (Å²) in [7, 11) is 0. The van der Waals surface area contributed by atoms with Crippen molar-refractivity contribution in [1.82, 2.24) is 9.97 Å². The van der Waals surface area contributed by atoms with Gasteiger partial charge in [-0.1, -0.05) is 0 Å². The van der Waals surface area contributed by atoms with Gasteiger partial charge < -0.3 is 10.1 Å². The van der Waals surface area contributed by atoms with Crippen LogP contribution in [0.15, 0.2) is 30.3 Å². The van der Waals surface area contributed by atoms with Gasteiger partial charge in [-0.15, -0.1) is 0 Å². The molecule has 0 saturated carbocycles. The molecule has 2 aromatic carbocycles. The number of H-pyrrole nitrogens is 1. The summed E-state index contributed by atoms with van der Waals surface area (Å²) < 4.78 is 39.7. The number of nitrogens with one attached hydrogen (secondary N) is 1. The van der Waals surface area contributed by atoms with Gasteiger partial charge in [0, 0.05) is 11.6 Å². The number of aromatic amines is 1. The van der Waals surface area contributed by atoms with E-state index in [1.165, 1.54) is 6.07 Å². The van der Waals surface area contributed by atoms with Crippen molar-refractivity contribution in [3.8, 4) is 11.4 Å². The van der Waals surface area contributed by atoms with Crippen LogP contribution in [-0.2, 0) is 0 Å². The molecule has 0 bridgehead atoms.